The molecule has 3 heterocycles. The van der Waals surface area contributed by atoms with Gasteiger partial charge in [-0.05, 0) is 46.7 Å². The molecule has 0 saturated carbocycles. The molecular formula is C16H26ClN7O. The van der Waals surface area contributed by atoms with E-state index in [1.807, 2.05) is 25.5 Å². The van der Waals surface area contributed by atoms with Crippen LogP contribution >= 0.6 is 12.4 Å². The number of piperidine rings is 1. The number of anilines is 1. The maximum absolute atomic E-state index is 12.6. The molecule has 2 aromatic heterocycles. The Morgan fingerprint density at radius 3 is 2.64 bits per heavy atom. The highest BCUT2D eigenvalue weighted by Crippen LogP contribution is 2.23. The van der Waals surface area contributed by atoms with Gasteiger partial charge in [0, 0.05) is 24.7 Å². The summed E-state index contributed by atoms with van der Waals surface area (Å²) in [5, 5.41) is 15.0. The van der Waals surface area contributed by atoms with Crippen LogP contribution in [0.2, 0.25) is 0 Å². The van der Waals surface area contributed by atoms with Crippen molar-refractivity contribution in [1.82, 2.24) is 29.9 Å². The van der Waals surface area contributed by atoms with Crippen molar-refractivity contribution >= 4 is 24.3 Å². The lowest BCUT2D eigenvalue weighted by Gasteiger charge is -2.19. The Morgan fingerprint density at radius 2 is 2.04 bits per heavy atom. The lowest BCUT2D eigenvalue weighted by Crippen LogP contribution is -2.27. The predicted octanol–water partition coefficient (Wildman–Crippen LogP) is 2.04. The minimum atomic E-state index is -0.202. The first-order valence-corrected chi connectivity index (χ1v) is 8.44. The van der Waals surface area contributed by atoms with Gasteiger partial charge in [0.25, 0.3) is 5.91 Å². The van der Waals surface area contributed by atoms with Crippen molar-refractivity contribution in [1.29, 1.82) is 0 Å². The number of hydrogen-bond donors (Lipinski definition) is 2. The maximum Gasteiger partial charge on any atom is 0.261 e. The monoisotopic (exact) mass is 367 g/mol. The molecule has 0 aromatic carbocycles. The molecular weight excluding hydrogens is 342 g/mol. The normalized spacial score (nSPS) is 15.2. The molecule has 0 radical (unpaired) electrons. The molecule has 0 spiro atoms. The summed E-state index contributed by atoms with van der Waals surface area (Å²) in [6, 6.07) is 0.216. The maximum atomic E-state index is 12.6. The first-order valence-electron chi connectivity index (χ1n) is 8.44. The number of halogens is 1. The lowest BCUT2D eigenvalue weighted by atomic mass is 9.98. The van der Waals surface area contributed by atoms with Crippen molar-refractivity contribution < 1.29 is 4.79 Å². The average molecular weight is 368 g/mol. The number of carbonyl (C=O) groups is 1. The summed E-state index contributed by atoms with van der Waals surface area (Å²) in [6.45, 7) is 7.95. The number of aromatic nitrogens is 5. The van der Waals surface area contributed by atoms with E-state index in [9.17, 15) is 4.79 Å². The smallest absolute Gasteiger partial charge is 0.261 e. The third-order valence-electron chi connectivity index (χ3n) is 4.49. The minimum absolute atomic E-state index is 0. The average Bonchev–Trinajstić information content (AvgIpc) is 3.12. The van der Waals surface area contributed by atoms with E-state index in [0.29, 0.717) is 17.4 Å². The number of hydrogen-bond acceptors (Lipinski definition) is 5. The highest BCUT2D eigenvalue weighted by Gasteiger charge is 2.22. The van der Waals surface area contributed by atoms with Crippen LogP contribution in [0.5, 0.6) is 0 Å². The van der Waals surface area contributed by atoms with Gasteiger partial charge in [0.1, 0.15) is 0 Å². The van der Waals surface area contributed by atoms with Gasteiger partial charge in [-0.3, -0.25) is 14.8 Å². The highest BCUT2D eigenvalue weighted by atomic mass is 35.5. The molecule has 0 atom stereocenters. The van der Waals surface area contributed by atoms with E-state index >= 15 is 0 Å². The van der Waals surface area contributed by atoms with Gasteiger partial charge in [0.2, 0.25) is 5.95 Å². The molecule has 0 bridgehead atoms. The van der Waals surface area contributed by atoms with Crippen molar-refractivity contribution in [3.8, 4) is 0 Å². The van der Waals surface area contributed by atoms with E-state index in [2.05, 4.69) is 25.8 Å². The van der Waals surface area contributed by atoms with Crippen molar-refractivity contribution in [2.24, 2.45) is 7.05 Å². The Hall–Kier alpha value is -1.93. The molecule has 2 N–H and O–H groups in total. The largest absolute Gasteiger partial charge is 0.317 e. The molecule has 9 heteroatoms. The Balaban J connectivity index is 0.00000225. The summed E-state index contributed by atoms with van der Waals surface area (Å²) < 4.78 is 3.48. The Kier molecular flexibility index (Phi) is 6.18. The zero-order valence-corrected chi connectivity index (χ0v) is 15.9. The van der Waals surface area contributed by atoms with E-state index in [1.165, 1.54) is 0 Å². The van der Waals surface area contributed by atoms with Crippen LogP contribution in [0.1, 0.15) is 60.5 Å². The summed E-state index contributed by atoms with van der Waals surface area (Å²) in [4.78, 5) is 17.1. The third-order valence-corrected chi connectivity index (χ3v) is 4.49. The highest BCUT2D eigenvalue weighted by molar-refractivity contribution is 6.04. The summed E-state index contributed by atoms with van der Waals surface area (Å²) in [5.41, 5.74) is 1.42. The fourth-order valence-corrected chi connectivity index (χ4v) is 3.10. The molecule has 1 amide bonds. The molecule has 25 heavy (non-hydrogen) atoms. The van der Waals surface area contributed by atoms with Crippen molar-refractivity contribution in [3.05, 3.63) is 23.3 Å². The van der Waals surface area contributed by atoms with Crippen molar-refractivity contribution in [2.45, 2.75) is 45.6 Å². The number of nitrogens with zero attached hydrogens (tertiary/aromatic N) is 5. The molecule has 1 aliphatic rings. The Morgan fingerprint density at radius 1 is 1.36 bits per heavy atom. The first-order chi connectivity index (χ1) is 11.5. The molecule has 1 fully saturated rings. The van der Waals surface area contributed by atoms with Gasteiger partial charge in [-0.15, -0.1) is 12.4 Å². The van der Waals surface area contributed by atoms with Gasteiger partial charge in [0.15, 0.2) is 5.82 Å². The van der Waals surface area contributed by atoms with Gasteiger partial charge in [0.05, 0.1) is 11.8 Å². The quantitative estimate of drug-likeness (QED) is 0.863. The number of amides is 1. The number of aryl methyl sites for hydroxylation is 1. The lowest BCUT2D eigenvalue weighted by molar-refractivity contribution is 0.102. The van der Waals surface area contributed by atoms with Gasteiger partial charge in [-0.1, -0.05) is 0 Å². The van der Waals surface area contributed by atoms with Gasteiger partial charge >= 0.3 is 0 Å². The van der Waals surface area contributed by atoms with Crippen LogP contribution < -0.4 is 10.6 Å². The second-order valence-electron chi connectivity index (χ2n) is 6.58. The van der Waals surface area contributed by atoms with Gasteiger partial charge in [-0.2, -0.15) is 15.2 Å². The summed E-state index contributed by atoms with van der Waals surface area (Å²) in [6.07, 6.45) is 3.66. The van der Waals surface area contributed by atoms with E-state index < -0.39 is 0 Å². The fraction of sp³-hybridized carbons (Fsp3) is 0.625. The molecule has 1 aliphatic heterocycles. The van der Waals surface area contributed by atoms with E-state index in [-0.39, 0.29) is 24.4 Å². The predicted molar refractivity (Wildman–Crippen MR) is 98.4 cm³/mol. The first kappa shape index (κ1) is 19.4. The molecule has 3 rings (SSSR count). The van der Waals surface area contributed by atoms with Crippen LogP contribution in [-0.4, -0.2) is 43.5 Å². The molecule has 8 nitrogen and oxygen atoms in total. The number of nitrogens with one attached hydrogen (secondary N) is 2. The third kappa shape index (κ3) is 4.01. The van der Waals surface area contributed by atoms with Gasteiger partial charge in [-0.25, -0.2) is 4.68 Å². The number of rotatable bonds is 4. The van der Waals surface area contributed by atoms with E-state index in [1.54, 1.807) is 17.9 Å². The standard InChI is InChI=1S/C16H25N7O.ClH/c1-10(2)23-11(3)13(9-18-23)15(24)20-16-19-14(21-22(16)4)12-5-7-17-8-6-12;/h9-10,12,17H,5-8H2,1-4H3,(H,19,20,21,24);1H. The molecule has 0 aliphatic carbocycles. The van der Waals surface area contributed by atoms with Crippen molar-refractivity contribution in [2.75, 3.05) is 18.4 Å². The topological polar surface area (TPSA) is 89.7 Å². The van der Waals surface area contributed by atoms with E-state index in [0.717, 1.165) is 37.4 Å². The second kappa shape index (κ2) is 7.97. The number of carbonyl (C=O) groups excluding carboxylic acids is 1. The van der Waals surface area contributed by atoms with E-state index in [4.69, 9.17) is 0 Å². The van der Waals surface area contributed by atoms with Crippen LogP contribution in [0, 0.1) is 6.92 Å². The Labute approximate surface area is 153 Å². The summed E-state index contributed by atoms with van der Waals surface area (Å²) >= 11 is 0. The SMILES string of the molecule is Cc1c(C(=O)Nc2nc(C3CCNCC3)nn2C)cnn1C(C)C.Cl. The van der Waals surface area contributed by atoms with Gasteiger partial charge < -0.3 is 5.32 Å². The van der Waals surface area contributed by atoms with Crippen LogP contribution in [0.25, 0.3) is 0 Å². The van der Waals surface area contributed by atoms with Crippen LogP contribution in [0.4, 0.5) is 5.95 Å². The summed E-state index contributed by atoms with van der Waals surface area (Å²) in [7, 11) is 1.80. The molecule has 0 unspecified atom stereocenters. The molecule has 138 valence electrons. The molecule has 1 saturated heterocycles. The minimum Gasteiger partial charge on any atom is -0.317 e. The van der Waals surface area contributed by atoms with Crippen LogP contribution in [0.3, 0.4) is 0 Å². The fourth-order valence-electron chi connectivity index (χ4n) is 3.10. The van der Waals surface area contributed by atoms with Crippen molar-refractivity contribution in [3.63, 3.8) is 0 Å². The zero-order chi connectivity index (χ0) is 17.3. The second-order valence-corrected chi connectivity index (χ2v) is 6.58. The van der Waals surface area contributed by atoms with Crippen LogP contribution in [-0.2, 0) is 7.05 Å². The van der Waals surface area contributed by atoms with Crippen LogP contribution in [0.15, 0.2) is 6.20 Å². The summed E-state index contributed by atoms with van der Waals surface area (Å²) in [5.74, 6) is 1.44. The molecule has 2 aromatic rings. The Bertz CT molecular complexity index is 731. The zero-order valence-electron chi connectivity index (χ0n) is 15.1.